The van der Waals surface area contributed by atoms with Crippen molar-refractivity contribution in [2.45, 2.75) is 30.9 Å². The Labute approximate surface area is 134 Å². The third-order valence-corrected chi connectivity index (χ3v) is 5.42. The molecule has 0 spiro atoms. The Kier molecular flexibility index (Phi) is 5.82. The van der Waals surface area contributed by atoms with Crippen LogP contribution in [0.15, 0.2) is 34.0 Å². The number of amides is 1. The van der Waals surface area contributed by atoms with Gasteiger partial charge in [-0.15, -0.1) is 11.3 Å². The molecule has 0 aliphatic carbocycles. The summed E-state index contributed by atoms with van der Waals surface area (Å²) in [5, 5.41) is 2.06. The van der Waals surface area contributed by atoms with Crippen LogP contribution in [0.2, 0.25) is 0 Å². The van der Waals surface area contributed by atoms with E-state index in [1.807, 2.05) is 49.9 Å². The molecule has 2 rings (SSSR count). The number of benzene rings is 1. The molecule has 1 aromatic heterocycles. The van der Waals surface area contributed by atoms with Gasteiger partial charge >= 0.3 is 0 Å². The normalized spacial score (nSPS) is 10.6. The maximum absolute atomic E-state index is 12.2. The van der Waals surface area contributed by atoms with Crippen LogP contribution in [0.3, 0.4) is 0 Å². The molecule has 0 aliphatic heterocycles. The minimum atomic E-state index is 0.106. The van der Waals surface area contributed by atoms with Gasteiger partial charge in [-0.25, -0.2) is 4.98 Å². The van der Waals surface area contributed by atoms with E-state index in [2.05, 4.69) is 10.4 Å². The second kappa shape index (κ2) is 7.61. The van der Waals surface area contributed by atoms with E-state index < -0.39 is 0 Å². The molecule has 1 heterocycles. The summed E-state index contributed by atoms with van der Waals surface area (Å²) < 4.78 is 1.09. The number of aryl methyl sites for hydroxylation is 1. The van der Waals surface area contributed by atoms with E-state index in [9.17, 15) is 4.79 Å². The molecule has 2 aromatic rings. The van der Waals surface area contributed by atoms with E-state index in [0.717, 1.165) is 34.4 Å². The summed E-state index contributed by atoms with van der Waals surface area (Å²) in [7, 11) is 0. The van der Waals surface area contributed by atoms with Gasteiger partial charge in [-0.2, -0.15) is 0 Å². The highest BCUT2D eigenvalue weighted by Gasteiger charge is 2.11. The largest absolute Gasteiger partial charge is 0.339 e. The highest BCUT2D eigenvalue weighted by Crippen LogP contribution is 2.26. The molecule has 3 nitrogen and oxygen atoms in total. The molecule has 5 heteroatoms. The first-order valence-corrected chi connectivity index (χ1v) is 8.93. The zero-order valence-electron chi connectivity index (χ0n) is 12.6. The second-order valence-corrected chi connectivity index (χ2v) is 6.80. The van der Waals surface area contributed by atoms with Crippen molar-refractivity contribution >= 4 is 29.0 Å². The van der Waals surface area contributed by atoms with E-state index in [0.29, 0.717) is 0 Å². The molecule has 0 saturated carbocycles. The van der Waals surface area contributed by atoms with E-state index in [4.69, 9.17) is 0 Å². The first-order valence-electron chi connectivity index (χ1n) is 7.07. The minimum absolute atomic E-state index is 0.106. The molecule has 0 saturated heterocycles. The van der Waals surface area contributed by atoms with Crippen LogP contribution in [0.1, 0.15) is 35.5 Å². The van der Waals surface area contributed by atoms with E-state index in [1.165, 1.54) is 5.56 Å². The van der Waals surface area contributed by atoms with Gasteiger partial charge in [0.15, 0.2) is 0 Å². The van der Waals surface area contributed by atoms with Gasteiger partial charge in [0.1, 0.15) is 4.34 Å². The number of hydrogen-bond donors (Lipinski definition) is 0. The van der Waals surface area contributed by atoms with Gasteiger partial charge in [0, 0.05) is 35.5 Å². The van der Waals surface area contributed by atoms with E-state index in [-0.39, 0.29) is 5.91 Å². The van der Waals surface area contributed by atoms with Crippen LogP contribution >= 0.6 is 23.1 Å². The van der Waals surface area contributed by atoms with E-state index >= 15 is 0 Å². The molecule has 112 valence electrons. The molecular formula is C16H20N2OS2. The molecular weight excluding hydrogens is 300 g/mol. The van der Waals surface area contributed by atoms with Gasteiger partial charge in [0.05, 0.1) is 0 Å². The lowest BCUT2D eigenvalue weighted by Gasteiger charge is -2.18. The molecule has 0 aliphatic rings. The monoisotopic (exact) mass is 320 g/mol. The summed E-state index contributed by atoms with van der Waals surface area (Å²) in [6, 6.07) is 7.90. The third-order valence-electron chi connectivity index (χ3n) is 3.21. The van der Waals surface area contributed by atoms with Gasteiger partial charge in [0.25, 0.3) is 5.91 Å². The summed E-state index contributed by atoms with van der Waals surface area (Å²) >= 11 is 3.41. The molecule has 1 aromatic carbocycles. The highest BCUT2D eigenvalue weighted by atomic mass is 32.2. The number of carbonyl (C=O) groups excluding carboxylic acids is 1. The number of thiazole rings is 1. The quantitative estimate of drug-likeness (QED) is 0.747. The topological polar surface area (TPSA) is 33.2 Å². The number of aromatic nitrogens is 1. The van der Waals surface area contributed by atoms with Gasteiger partial charge in [0.2, 0.25) is 0 Å². The fourth-order valence-electron chi connectivity index (χ4n) is 1.98. The van der Waals surface area contributed by atoms with Crippen LogP contribution in [-0.2, 0) is 5.75 Å². The van der Waals surface area contributed by atoms with Crippen molar-refractivity contribution < 1.29 is 4.79 Å². The van der Waals surface area contributed by atoms with Crippen molar-refractivity contribution in [3.05, 3.63) is 46.5 Å². The molecule has 0 radical (unpaired) electrons. The number of nitrogens with zero attached hydrogens (tertiary/aromatic N) is 2. The molecule has 0 unspecified atom stereocenters. The van der Waals surface area contributed by atoms with Crippen molar-refractivity contribution in [1.82, 2.24) is 9.88 Å². The lowest BCUT2D eigenvalue weighted by atomic mass is 10.1. The van der Waals surface area contributed by atoms with Gasteiger partial charge in [-0.1, -0.05) is 23.9 Å². The number of hydrogen-bond acceptors (Lipinski definition) is 4. The maximum Gasteiger partial charge on any atom is 0.253 e. The SMILES string of the molecule is CCN(CC)C(=O)c1ccc(CSc2nc(C)cs2)cc1. The predicted octanol–water partition coefficient (Wildman–Crippen LogP) is 4.23. The third kappa shape index (κ3) is 4.32. The Balaban J connectivity index is 1.97. The van der Waals surface area contributed by atoms with Crippen LogP contribution < -0.4 is 0 Å². The lowest BCUT2D eigenvalue weighted by Crippen LogP contribution is -2.30. The fourth-order valence-corrected chi connectivity index (χ4v) is 3.79. The predicted molar refractivity (Wildman–Crippen MR) is 90.1 cm³/mol. The van der Waals surface area contributed by atoms with Crippen molar-refractivity contribution in [2.75, 3.05) is 13.1 Å². The number of rotatable bonds is 6. The molecule has 0 atom stereocenters. The Bertz CT molecular complexity index is 589. The standard InChI is InChI=1S/C16H20N2OS2/c1-4-18(5-2)15(19)14-8-6-13(7-9-14)11-21-16-17-12(3)10-20-16/h6-10H,4-5,11H2,1-3H3. The highest BCUT2D eigenvalue weighted by molar-refractivity contribution is 8.00. The molecule has 0 fully saturated rings. The summed E-state index contributed by atoms with van der Waals surface area (Å²) in [6.07, 6.45) is 0. The molecule has 0 N–H and O–H groups in total. The van der Waals surface area contributed by atoms with Crippen LogP contribution in [0.5, 0.6) is 0 Å². The molecule has 0 bridgehead atoms. The molecule has 1 amide bonds. The summed E-state index contributed by atoms with van der Waals surface area (Å²) in [5.41, 5.74) is 3.05. The maximum atomic E-state index is 12.2. The zero-order valence-corrected chi connectivity index (χ0v) is 14.3. The van der Waals surface area contributed by atoms with Gasteiger partial charge in [-0.3, -0.25) is 4.79 Å². The van der Waals surface area contributed by atoms with Crippen LogP contribution in [-0.4, -0.2) is 28.9 Å². The second-order valence-electron chi connectivity index (χ2n) is 4.72. The Morgan fingerprint density at radius 3 is 2.43 bits per heavy atom. The van der Waals surface area contributed by atoms with E-state index in [1.54, 1.807) is 23.1 Å². The average molecular weight is 320 g/mol. The van der Waals surface area contributed by atoms with Gasteiger partial charge < -0.3 is 4.90 Å². The summed E-state index contributed by atoms with van der Waals surface area (Å²) in [6.45, 7) is 7.51. The van der Waals surface area contributed by atoms with Crippen molar-refractivity contribution in [3.63, 3.8) is 0 Å². The Morgan fingerprint density at radius 2 is 1.90 bits per heavy atom. The number of carbonyl (C=O) groups is 1. The van der Waals surface area contributed by atoms with Crippen LogP contribution in [0.4, 0.5) is 0 Å². The fraction of sp³-hybridized carbons (Fsp3) is 0.375. The summed E-state index contributed by atoms with van der Waals surface area (Å²) in [4.78, 5) is 18.5. The Morgan fingerprint density at radius 1 is 1.24 bits per heavy atom. The van der Waals surface area contributed by atoms with Crippen LogP contribution in [0, 0.1) is 6.92 Å². The molecule has 21 heavy (non-hydrogen) atoms. The van der Waals surface area contributed by atoms with Crippen molar-refractivity contribution in [2.24, 2.45) is 0 Å². The minimum Gasteiger partial charge on any atom is -0.339 e. The first kappa shape index (κ1) is 16.0. The average Bonchev–Trinajstić information content (AvgIpc) is 2.92. The zero-order chi connectivity index (χ0) is 15.2. The van der Waals surface area contributed by atoms with Gasteiger partial charge in [-0.05, 0) is 38.5 Å². The van der Waals surface area contributed by atoms with Crippen molar-refractivity contribution in [3.8, 4) is 0 Å². The Hall–Kier alpha value is -1.33. The smallest absolute Gasteiger partial charge is 0.253 e. The number of thioether (sulfide) groups is 1. The first-order chi connectivity index (χ1) is 10.1. The van der Waals surface area contributed by atoms with Crippen molar-refractivity contribution in [1.29, 1.82) is 0 Å². The van der Waals surface area contributed by atoms with Crippen LogP contribution in [0.25, 0.3) is 0 Å². The summed E-state index contributed by atoms with van der Waals surface area (Å²) in [5.74, 6) is 0.988. The lowest BCUT2D eigenvalue weighted by molar-refractivity contribution is 0.0773.